The molecule has 0 unspecified atom stereocenters. The first-order chi connectivity index (χ1) is 7.29. The number of benzene rings is 1. The Labute approximate surface area is 90.5 Å². The fraction of sp³-hybridized carbons (Fsp3) is 0. The Bertz CT molecular complexity index is 510. The summed E-state index contributed by atoms with van der Waals surface area (Å²) in [6, 6.07) is 7.02. The number of azide groups is 1. The Morgan fingerprint density at radius 3 is 2.60 bits per heavy atom. The van der Waals surface area contributed by atoms with Gasteiger partial charge in [0, 0.05) is 16.8 Å². The highest BCUT2D eigenvalue weighted by Gasteiger charge is 1.98. The van der Waals surface area contributed by atoms with Gasteiger partial charge in [0.05, 0.1) is 16.9 Å². The lowest BCUT2D eigenvalue weighted by Crippen LogP contribution is -1.92. The number of halogens is 1. The van der Waals surface area contributed by atoms with Crippen LogP contribution in [0.1, 0.15) is 0 Å². The number of rotatable bonds is 2. The van der Waals surface area contributed by atoms with Crippen LogP contribution < -0.4 is 0 Å². The van der Waals surface area contributed by atoms with Crippen LogP contribution >= 0.6 is 11.6 Å². The lowest BCUT2D eigenvalue weighted by molar-refractivity contribution is 0.880. The van der Waals surface area contributed by atoms with E-state index in [1.165, 1.54) is 0 Å². The van der Waals surface area contributed by atoms with Gasteiger partial charge in [-0.05, 0) is 17.7 Å². The summed E-state index contributed by atoms with van der Waals surface area (Å²) in [7, 11) is 0. The standard InChI is InChI=1S/C9H6ClN5/c10-7-5-12-15(6-7)9-3-1-8(2-4-9)13-14-11/h1-6H. The zero-order chi connectivity index (χ0) is 10.7. The third-order valence-corrected chi connectivity index (χ3v) is 2.02. The third-order valence-electron chi connectivity index (χ3n) is 1.83. The summed E-state index contributed by atoms with van der Waals surface area (Å²) in [5.41, 5.74) is 9.66. The zero-order valence-electron chi connectivity index (χ0n) is 7.58. The monoisotopic (exact) mass is 219 g/mol. The van der Waals surface area contributed by atoms with Crippen LogP contribution in [0.25, 0.3) is 16.1 Å². The maximum absolute atomic E-state index is 8.23. The minimum Gasteiger partial charge on any atom is -0.239 e. The van der Waals surface area contributed by atoms with E-state index in [0.29, 0.717) is 10.7 Å². The van der Waals surface area contributed by atoms with Gasteiger partial charge in [-0.3, -0.25) is 0 Å². The van der Waals surface area contributed by atoms with E-state index in [4.69, 9.17) is 17.1 Å². The van der Waals surface area contributed by atoms with E-state index < -0.39 is 0 Å². The lowest BCUT2D eigenvalue weighted by atomic mass is 10.3. The summed E-state index contributed by atoms with van der Waals surface area (Å²) >= 11 is 5.74. The molecule has 2 aromatic rings. The normalized spacial score (nSPS) is 9.67. The number of aromatic nitrogens is 2. The SMILES string of the molecule is [N-]=[N+]=Nc1ccc(-n2cc(Cl)cn2)cc1. The first-order valence-corrected chi connectivity index (χ1v) is 4.53. The molecule has 5 nitrogen and oxygen atoms in total. The van der Waals surface area contributed by atoms with Crippen LogP contribution in [0.15, 0.2) is 41.8 Å². The van der Waals surface area contributed by atoms with Crippen molar-refractivity contribution >= 4 is 17.3 Å². The van der Waals surface area contributed by atoms with Crippen molar-refractivity contribution in [3.8, 4) is 5.69 Å². The second-order valence-electron chi connectivity index (χ2n) is 2.81. The summed E-state index contributed by atoms with van der Waals surface area (Å²) in [6.45, 7) is 0. The molecule has 0 aliphatic heterocycles. The molecule has 15 heavy (non-hydrogen) atoms. The average molecular weight is 220 g/mol. The predicted octanol–water partition coefficient (Wildman–Crippen LogP) is 3.47. The maximum atomic E-state index is 8.23. The molecule has 0 aliphatic carbocycles. The molecular formula is C9H6ClN5. The van der Waals surface area contributed by atoms with E-state index in [1.807, 2.05) is 0 Å². The lowest BCUT2D eigenvalue weighted by Gasteiger charge is -2.00. The Balaban J connectivity index is 2.35. The summed E-state index contributed by atoms with van der Waals surface area (Å²) in [5, 5.41) is 8.09. The average Bonchev–Trinajstić information content (AvgIpc) is 2.67. The van der Waals surface area contributed by atoms with Crippen molar-refractivity contribution in [1.29, 1.82) is 0 Å². The Hall–Kier alpha value is -1.97. The number of nitrogens with zero attached hydrogens (tertiary/aromatic N) is 5. The van der Waals surface area contributed by atoms with Gasteiger partial charge >= 0.3 is 0 Å². The molecule has 0 bridgehead atoms. The van der Waals surface area contributed by atoms with Crippen molar-refractivity contribution in [3.63, 3.8) is 0 Å². The van der Waals surface area contributed by atoms with Crippen LogP contribution in [0.5, 0.6) is 0 Å². The molecule has 0 spiro atoms. The first kappa shape index (κ1) is 9.58. The Kier molecular flexibility index (Phi) is 2.58. The largest absolute Gasteiger partial charge is 0.239 e. The molecule has 1 aromatic heterocycles. The van der Waals surface area contributed by atoms with Crippen LogP contribution in [0.3, 0.4) is 0 Å². The second-order valence-corrected chi connectivity index (χ2v) is 3.25. The van der Waals surface area contributed by atoms with E-state index in [0.717, 1.165) is 5.69 Å². The highest BCUT2D eigenvalue weighted by atomic mass is 35.5. The summed E-state index contributed by atoms with van der Waals surface area (Å²) < 4.78 is 1.64. The smallest absolute Gasteiger partial charge is 0.0790 e. The van der Waals surface area contributed by atoms with Crippen LogP contribution in [-0.2, 0) is 0 Å². The number of hydrogen-bond donors (Lipinski definition) is 0. The van der Waals surface area contributed by atoms with E-state index >= 15 is 0 Å². The topological polar surface area (TPSA) is 66.6 Å². The van der Waals surface area contributed by atoms with Gasteiger partial charge in [0.2, 0.25) is 0 Å². The molecule has 2 rings (SSSR count). The summed E-state index contributed by atoms with van der Waals surface area (Å²) in [4.78, 5) is 2.69. The van der Waals surface area contributed by atoms with Gasteiger partial charge in [-0.2, -0.15) is 5.10 Å². The molecule has 74 valence electrons. The van der Waals surface area contributed by atoms with Gasteiger partial charge in [0.1, 0.15) is 0 Å². The van der Waals surface area contributed by atoms with Gasteiger partial charge in [-0.15, -0.1) is 0 Å². The van der Waals surface area contributed by atoms with Gasteiger partial charge < -0.3 is 0 Å². The molecule has 0 amide bonds. The van der Waals surface area contributed by atoms with Crippen molar-refractivity contribution < 1.29 is 0 Å². The molecule has 0 saturated heterocycles. The fourth-order valence-electron chi connectivity index (χ4n) is 1.17. The summed E-state index contributed by atoms with van der Waals surface area (Å²) in [5.74, 6) is 0. The highest BCUT2D eigenvalue weighted by Crippen LogP contribution is 2.16. The van der Waals surface area contributed by atoms with Gasteiger partial charge in [0.15, 0.2) is 0 Å². The summed E-state index contributed by atoms with van der Waals surface area (Å²) in [6.07, 6.45) is 3.26. The molecule has 0 aliphatic rings. The van der Waals surface area contributed by atoms with Gasteiger partial charge in [-0.1, -0.05) is 28.8 Å². The van der Waals surface area contributed by atoms with E-state index in [2.05, 4.69) is 15.1 Å². The fourth-order valence-corrected chi connectivity index (χ4v) is 1.30. The van der Waals surface area contributed by atoms with Gasteiger partial charge in [-0.25, -0.2) is 4.68 Å². The highest BCUT2D eigenvalue weighted by molar-refractivity contribution is 6.30. The van der Waals surface area contributed by atoms with Crippen molar-refractivity contribution in [2.45, 2.75) is 0 Å². The minimum absolute atomic E-state index is 0.569. The third kappa shape index (κ3) is 2.10. The quantitative estimate of drug-likeness (QED) is 0.433. The molecule has 0 fully saturated rings. The Morgan fingerprint density at radius 1 is 1.33 bits per heavy atom. The zero-order valence-corrected chi connectivity index (χ0v) is 8.33. The van der Waals surface area contributed by atoms with E-state index in [1.54, 1.807) is 41.3 Å². The van der Waals surface area contributed by atoms with Crippen molar-refractivity contribution in [1.82, 2.24) is 9.78 Å². The molecule has 1 heterocycles. The van der Waals surface area contributed by atoms with Crippen LogP contribution in [0, 0.1) is 0 Å². The van der Waals surface area contributed by atoms with Gasteiger partial charge in [0.25, 0.3) is 0 Å². The van der Waals surface area contributed by atoms with E-state index in [9.17, 15) is 0 Å². The van der Waals surface area contributed by atoms with Crippen LogP contribution in [-0.4, -0.2) is 9.78 Å². The van der Waals surface area contributed by atoms with Crippen molar-refractivity contribution in [2.75, 3.05) is 0 Å². The van der Waals surface area contributed by atoms with Crippen molar-refractivity contribution in [2.24, 2.45) is 5.11 Å². The molecule has 0 N–H and O–H groups in total. The maximum Gasteiger partial charge on any atom is 0.0790 e. The molecule has 6 heteroatoms. The van der Waals surface area contributed by atoms with Crippen molar-refractivity contribution in [3.05, 3.63) is 52.1 Å². The van der Waals surface area contributed by atoms with Crippen LogP contribution in [0.4, 0.5) is 5.69 Å². The first-order valence-electron chi connectivity index (χ1n) is 4.15. The molecule has 0 radical (unpaired) electrons. The molecule has 1 aromatic carbocycles. The number of hydrogen-bond acceptors (Lipinski definition) is 2. The molecule has 0 saturated carbocycles. The Morgan fingerprint density at radius 2 is 2.07 bits per heavy atom. The molecule has 0 atom stereocenters. The molecular weight excluding hydrogens is 214 g/mol. The minimum atomic E-state index is 0.569. The van der Waals surface area contributed by atoms with Crippen LogP contribution in [0.2, 0.25) is 5.02 Å². The predicted molar refractivity (Wildman–Crippen MR) is 57.4 cm³/mol. The van der Waals surface area contributed by atoms with E-state index in [-0.39, 0.29) is 0 Å². The second kappa shape index (κ2) is 4.04.